The van der Waals surface area contributed by atoms with Crippen molar-refractivity contribution in [2.75, 3.05) is 18.5 Å². The Morgan fingerprint density at radius 1 is 0.480 bits per heavy atom. The van der Waals surface area contributed by atoms with Crippen molar-refractivity contribution in [1.82, 2.24) is 0 Å². The van der Waals surface area contributed by atoms with E-state index >= 15 is 0 Å². The maximum Gasteiger partial charge on any atom is 0.303 e. The molecule has 0 unspecified atom stereocenters. The molecule has 3 N–H and O–H groups in total. The highest BCUT2D eigenvalue weighted by Crippen LogP contribution is 2.39. The van der Waals surface area contributed by atoms with E-state index in [1.165, 1.54) is 0 Å². The molecule has 6 nitrogen and oxygen atoms in total. The molecule has 0 bridgehead atoms. The van der Waals surface area contributed by atoms with Crippen LogP contribution in [0.3, 0.4) is 0 Å². The summed E-state index contributed by atoms with van der Waals surface area (Å²) >= 11 is 0. The van der Waals surface area contributed by atoms with Gasteiger partial charge in [0.05, 0.1) is 0 Å². The zero-order valence-electron chi connectivity index (χ0n) is 15.1. The second-order valence-electron chi connectivity index (χ2n) is 6.45. The number of carboxylic acids is 3. The molecule has 0 amide bonds. The fourth-order valence-electron chi connectivity index (χ4n) is 2.70. The van der Waals surface area contributed by atoms with E-state index in [2.05, 4.69) is 0 Å². The van der Waals surface area contributed by atoms with Crippen molar-refractivity contribution in [1.29, 1.82) is 0 Å². The Kier molecular flexibility index (Phi) is 15.6. The fourth-order valence-corrected chi connectivity index (χ4v) is 5.38. The first-order valence-corrected chi connectivity index (χ1v) is 11.2. The maximum atomic E-state index is 10.5. The lowest BCUT2D eigenvalue weighted by Crippen LogP contribution is -2.00. The van der Waals surface area contributed by atoms with E-state index in [0.29, 0.717) is 0 Å². The highest BCUT2D eigenvalue weighted by Gasteiger charge is 2.09. The zero-order chi connectivity index (χ0) is 18.9. The lowest BCUT2D eigenvalue weighted by molar-refractivity contribution is -0.138. The van der Waals surface area contributed by atoms with E-state index in [1.807, 2.05) is 0 Å². The minimum Gasteiger partial charge on any atom is -0.481 e. The Hall–Kier alpha value is -1.16. The molecule has 0 saturated carbocycles. The Balaban J connectivity index is 3.92. The highest BCUT2D eigenvalue weighted by atomic mass is 31.1. The lowest BCUT2D eigenvalue weighted by atomic mass is 10.2. The molecule has 0 rings (SSSR count). The number of rotatable bonds is 18. The molecule has 0 aromatic heterocycles. The minimum atomic E-state index is -0.737. The van der Waals surface area contributed by atoms with E-state index in [1.54, 1.807) is 0 Å². The summed E-state index contributed by atoms with van der Waals surface area (Å²) in [5.41, 5.74) is 0. The van der Waals surface area contributed by atoms with Gasteiger partial charge in [-0.2, -0.15) is 0 Å². The normalized spacial score (nSPS) is 10.9. The molecule has 0 aliphatic heterocycles. The third-order valence-electron chi connectivity index (χ3n) is 4.09. The molecule has 146 valence electrons. The van der Waals surface area contributed by atoms with Gasteiger partial charge in [0, 0.05) is 19.3 Å². The van der Waals surface area contributed by atoms with Crippen LogP contribution >= 0.6 is 7.92 Å². The summed E-state index contributed by atoms with van der Waals surface area (Å²) in [4.78, 5) is 31.6. The fraction of sp³-hybridized carbons (Fsp3) is 0.833. The van der Waals surface area contributed by atoms with Gasteiger partial charge in [0.2, 0.25) is 0 Å². The van der Waals surface area contributed by atoms with Crippen LogP contribution in [-0.4, -0.2) is 51.7 Å². The molecular formula is C18H33O6P. The number of carbonyl (C=O) groups is 3. The van der Waals surface area contributed by atoms with Crippen LogP contribution in [0.1, 0.15) is 77.0 Å². The summed E-state index contributed by atoms with van der Waals surface area (Å²) in [6, 6.07) is 0. The first-order valence-electron chi connectivity index (χ1n) is 9.29. The summed E-state index contributed by atoms with van der Waals surface area (Å²) in [6.45, 7) is 0. The van der Waals surface area contributed by atoms with Crippen LogP contribution in [-0.2, 0) is 14.4 Å². The number of carboxylic acid groups (broad SMARTS) is 3. The SMILES string of the molecule is O=C(O)CCCCCP(CCCCCC(=O)O)CCCCCC(=O)O. The van der Waals surface area contributed by atoms with Gasteiger partial charge >= 0.3 is 17.9 Å². The minimum absolute atomic E-state index is 0.0988. The number of hydrogen-bond acceptors (Lipinski definition) is 3. The number of hydrogen-bond donors (Lipinski definition) is 3. The van der Waals surface area contributed by atoms with Crippen LogP contribution in [0.25, 0.3) is 0 Å². The number of unbranched alkanes of at least 4 members (excludes halogenated alkanes) is 6. The van der Waals surface area contributed by atoms with Crippen LogP contribution < -0.4 is 0 Å². The van der Waals surface area contributed by atoms with Gasteiger partial charge in [-0.25, -0.2) is 0 Å². The van der Waals surface area contributed by atoms with Crippen molar-refractivity contribution in [2.45, 2.75) is 77.0 Å². The molecule has 0 saturated heterocycles. The molecule has 0 fully saturated rings. The average molecular weight is 376 g/mol. The molecule has 0 heterocycles. The molecule has 0 aromatic carbocycles. The van der Waals surface area contributed by atoms with Crippen molar-refractivity contribution in [3.63, 3.8) is 0 Å². The molecule has 0 spiro atoms. The smallest absolute Gasteiger partial charge is 0.303 e. The third kappa shape index (κ3) is 19.0. The molecule has 0 aliphatic carbocycles. The van der Waals surface area contributed by atoms with Gasteiger partial charge < -0.3 is 15.3 Å². The molecule has 7 heteroatoms. The summed E-state index contributed by atoms with van der Waals surface area (Å²) in [5, 5.41) is 26.0. The van der Waals surface area contributed by atoms with Gasteiger partial charge in [-0.1, -0.05) is 19.3 Å². The Morgan fingerprint density at radius 3 is 1.00 bits per heavy atom. The Labute approximate surface area is 151 Å². The van der Waals surface area contributed by atoms with Crippen molar-refractivity contribution in [2.24, 2.45) is 0 Å². The van der Waals surface area contributed by atoms with E-state index in [-0.39, 0.29) is 27.2 Å². The summed E-state index contributed by atoms with van der Waals surface area (Å²) < 4.78 is 0. The van der Waals surface area contributed by atoms with Crippen molar-refractivity contribution in [3.05, 3.63) is 0 Å². The Bertz CT molecular complexity index is 329. The van der Waals surface area contributed by atoms with Crippen LogP contribution in [0.15, 0.2) is 0 Å². The third-order valence-corrected chi connectivity index (χ3v) is 6.94. The van der Waals surface area contributed by atoms with Gasteiger partial charge in [0.1, 0.15) is 0 Å². The maximum absolute atomic E-state index is 10.5. The van der Waals surface area contributed by atoms with Gasteiger partial charge in [-0.15, -0.1) is 7.92 Å². The number of aliphatic carboxylic acids is 3. The monoisotopic (exact) mass is 376 g/mol. The quantitative estimate of drug-likeness (QED) is 0.241. The highest BCUT2D eigenvalue weighted by molar-refractivity contribution is 7.57. The summed E-state index contributed by atoms with van der Waals surface area (Å²) in [7, 11) is -0.0988. The molecule has 0 aromatic rings. The van der Waals surface area contributed by atoms with E-state index in [4.69, 9.17) is 15.3 Å². The van der Waals surface area contributed by atoms with E-state index < -0.39 is 17.9 Å². The van der Waals surface area contributed by atoms with Gasteiger partial charge in [-0.05, 0) is 57.0 Å². The second kappa shape index (κ2) is 16.3. The first kappa shape index (κ1) is 23.8. The standard InChI is InChI=1S/C18H33O6P/c19-16(20)10-4-1-7-13-25(14-8-2-5-11-17(21)22)15-9-3-6-12-18(23)24/h1-15H2,(H,19,20)(H,21,22)(H,23,24). The van der Waals surface area contributed by atoms with Crippen molar-refractivity contribution < 1.29 is 29.7 Å². The van der Waals surface area contributed by atoms with Gasteiger partial charge in [0.25, 0.3) is 0 Å². The van der Waals surface area contributed by atoms with Crippen LogP contribution in [0.5, 0.6) is 0 Å². The van der Waals surface area contributed by atoms with E-state index in [0.717, 1.165) is 76.3 Å². The first-order chi connectivity index (χ1) is 11.9. The van der Waals surface area contributed by atoms with Crippen LogP contribution in [0.4, 0.5) is 0 Å². The van der Waals surface area contributed by atoms with Crippen molar-refractivity contribution in [3.8, 4) is 0 Å². The van der Waals surface area contributed by atoms with Gasteiger partial charge in [0.15, 0.2) is 0 Å². The lowest BCUT2D eigenvalue weighted by Gasteiger charge is -2.17. The predicted octanol–water partition coefficient (Wildman–Crippen LogP) is 4.40. The average Bonchev–Trinajstić information content (AvgIpc) is 2.52. The summed E-state index contributed by atoms with van der Waals surface area (Å²) in [5.74, 6) is -2.21. The summed E-state index contributed by atoms with van der Waals surface area (Å²) in [6.07, 6.45) is 12.4. The largest absolute Gasteiger partial charge is 0.481 e. The van der Waals surface area contributed by atoms with Crippen LogP contribution in [0, 0.1) is 0 Å². The van der Waals surface area contributed by atoms with Crippen molar-refractivity contribution >= 4 is 25.8 Å². The molecule has 0 radical (unpaired) electrons. The van der Waals surface area contributed by atoms with E-state index in [9.17, 15) is 14.4 Å². The zero-order valence-corrected chi connectivity index (χ0v) is 16.0. The Morgan fingerprint density at radius 2 is 0.760 bits per heavy atom. The van der Waals surface area contributed by atoms with Crippen LogP contribution in [0.2, 0.25) is 0 Å². The molecule has 0 aliphatic rings. The molecule has 0 atom stereocenters. The molecular weight excluding hydrogens is 343 g/mol. The topological polar surface area (TPSA) is 112 Å². The predicted molar refractivity (Wildman–Crippen MR) is 99.8 cm³/mol. The second-order valence-corrected chi connectivity index (χ2v) is 9.14. The molecule has 25 heavy (non-hydrogen) atoms. The van der Waals surface area contributed by atoms with Gasteiger partial charge in [-0.3, -0.25) is 14.4 Å².